The van der Waals surface area contributed by atoms with Crippen molar-refractivity contribution < 1.29 is 8.78 Å². The van der Waals surface area contributed by atoms with E-state index in [1.165, 1.54) is 6.07 Å². The first-order chi connectivity index (χ1) is 4.75. The Labute approximate surface area is 58.5 Å². The van der Waals surface area contributed by atoms with Gasteiger partial charge < -0.3 is 0 Å². The van der Waals surface area contributed by atoms with Crippen molar-refractivity contribution in [3.63, 3.8) is 0 Å². The summed E-state index contributed by atoms with van der Waals surface area (Å²) in [7, 11) is 0. The lowest BCUT2D eigenvalue weighted by Crippen LogP contribution is -1.91. The monoisotopic (exact) mass is 141 g/mol. The molecule has 0 aliphatic rings. The fraction of sp³-hybridized carbons (Fsp3) is 0.250. The molecule has 53 valence electrons. The summed E-state index contributed by atoms with van der Waals surface area (Å²) in [5.41, 5.74) is 0.306. The van der Waals surface area contributed by atoms with Crippen molar-refractivity contribution in [2.75, 3.05) is 0 Å². The molecule has 0 atom stereocenters. The molecule has 0 saturated carbocycles. The van der Waals surface area contributed by atoms with Crippen LogP contribution in [0.2, 0.25) is 0 Å². The van der Waals surface area contributed by atoms with E-state index in [2.05, 4.69) is 6.07 Å². The molecule has 0 unspecified atom stereocenters. The predicted molar refractivity (Wildman–Crippen MR) is 34.6 cm³/mol. The van der Waals surface area contributed by atoms with Crippen LogP contribution in [0.5, 0.6) is 0 Å². The van der Waals surface area contributed by atoms with Crippen LogP contribution in [-0.4, -0.2) is 0 Å². The highest BCUT2D eigenvalue weighted by Crippen LogP contribution is 2.10. The summed E-state index contributed by atoms with van der Waals surface area (Å²) in [4.78, 5) is 0. The van der Waals surface area contributed by atoms with Crippen LogP contribution < -0.4 is 0 Å². The van der Waals surface area contributed by atoms with Crippen LogP contribution in [0, 0.1) is 17.7 Å². The summed E-state index contributed by atoms with van der Waals surface area (Å²) < 4.78 is 25.0. The first-order valence-electron chi connectivity index (χ1n) is 3.10. The van der Waals surface area contributed by atoms with E-state index in [0.717, 1.165) is 6.07 Å². The van der Waals surface area contributed by atoms with E-state index in [0.29, 0.717) is 12.0 Å². The van der Waals surface area contributed by atoms with Crippen molar-refractivity contribution >= 4 is 0 Å². The summed E-state index contributed by atoms with van der Waals surface area (Å²) in [6, 6.07) is 5.06. The highest BCUT2D eigenvalue weighted by atomic mass is 19.2. The molecule has 10 heavy (non-hydrogen) atoms. The van der Waals surface area contributed by atoms with Gasteiger partial charge in [0.25, 0.3) is 0 Å². The van der Waals surface area contributed by atoms with E-state index >= 15 is 0 Å². The second-order valence-corrected chi connectivity index (χ2v) is 1.97. The molecule has 1 rings (SSSR count). The Morgan fingerprint density at radius 3 is 2.70 bits per heavy atom. The molecule has 0 bridgehead atoms. The molecule has 0 spiro atoms. The van der Waals surface area contributed by atoms with Crippen LogP contribution in [-0.2, 0) is 6.42 Å². The van der Waals surface area contributed by atoms with Crippen molar-refractivity contribution in [3.05, 3.63) is 35.4 Å². The fourth-order valence-corrected chi connectivity index (χ4v) is 0.753. The van der Waals surface area contributed by atoms with E-state index in [-0.39, 0.29) is 0 Å². The molecule has 1 aromatic carbocycles. The topological polar surface area (TPSA) is 0 Å². The molecule has 2 heteroatoms. The molecule has 0 aliphatic heterocycles. The minimum atomic E-state index is -0.796. The third-order valence-corrected chi connectivity index (χ3v) is 1.32. The zero-order chi connectivity index (χ0) is 7.56. The minimum Gasteiger partial charge on any atom is -0.204 e. The largest absolute Gasteiger partial charge is 0.204 e. The van der Waals surface area contributed by atoms with Crippen LogP contribution in [0.4, 0.5) is 8.78 Å². The van der Waals surface area contributed by atoms with Gasteiger partial charge in [0.1, 0.15) is 0 Å². The maximum absolute atomic E-state index is 12.6. The van der Waals surface area contributed by atoms with Gasteiger partial charge in [-0.05, 0) is 24.1 Å². The van der Waals surface area contributed by atoms with Crippen LogP contribution in [0.1, 0.15) is 12.5 Å². The average Bonchev–Trinajstić information content (AvgIpc) is 1.95. The molecule has 0 aliphatic carbocycles. The Balaban J connectivity index is 3.14. The number of aryl methyl sites for hydroxylation is 1. The van der Waals surface area contributed by atoms with Crippen molar-refractivity contribution in [2.45, 2.75) is 13.3 Å². The van der Waals surface area contributed by atoms with Gasteiger partial charge in [0.15, 0.2) is 11.6 Å². The molecule has 0 N–H and O–H groups in total. The van der Waals surface area contributed by atoms with Crippen molar-refractivity contribution in [2.24, 2.45) is 0 Å². The lowest BCUT2D eigenvalue weighted by atomic mass is 10.1. The Morgan fingerprint density at radius 1 is 1.50 bits per heavy atom. The number of halogens is 2. The van der Waals surface area contributed by atoms with E-state index in [9.17, 15) is 8.78 Å². The second-order valence-electron chi connectivity index (χ2n) is 1.97. The van der Waals surface area contributed by atoms with E-state index in [1.54, 1.807) is 6.92 Å². The third-order valence-electron chi connectivity index (χ3n) is 1.32. The quantitative estimate of drug-likeness (QED) is 0.563. The van der Waals surface area contributed by atoms with E-state index < -0.39 is 11.6 Å². The van der Waals surface area contributed by atoms with E-state index in [1.807, 2.05) is 0 Å². The van der Waals surface area contributed by atoms with Crippen LogP contribution in [0.25, 0.3) is 0 Å². The summed E-state index contributed by atoms with van der Waals surface area (Å²) in [6.45, 7) is 1.76. The third kappa shape index (κ3) is 1.15. The van der Waals surface area contributed by atoms with E-state index in [4.69, 9.17) is 0 Å². The first kappa shape index (κ1) is 7.19. The summed E-state index contributed by atoms with van der Waals surface area (Å²) in [5, 5.41) is 0. The number of hydrogen-bond donors (Lipinski definition) is 0. The smallest absolute Gasteiger partial charge is 0.162 e. The molecular formula is C8H7F2. The molecule has 0 amide bonds. The molecule has 1 aromatic rings. The predicted octanol–water partition coefficient (Wildman–Crippen LogP) is 2.33. The maximum atomic E-state index is 12.6. The van der Waals surface area contributed by atoms with Gasteiger partial charge in [-0.25, -0.2) is 8.78 Å². The van der Waals surface area contributed by atoms with Gasteiger partial charge in [0, 0.05) is 0 Å². The molecule has 0 heterocycles. The van der Waals surface area contributed by atoms with Gasteiger partial charge in [-0.2, -0.15) is 0 Å². The Morgan fingerprint density at radius 2 is 2.20 bits per heavy atom. The highest BCUT2D eigenvalue weighted by molar-refractivity contribution is 5.16. The van der Waals surface area contributed by atoms with Gasteiger partial charge >= 0.3 is 0 Å². The Kier molecular flexibility index (Phi) is 2.00. The normalized spacial score (nSPS) is 9.90. The molecule has 0 nitrogen and oxygen atoms in total. The lowest BCUT2D eigenvalue weighted by Gasteiger charge is -1.96. The van der Waals surface area contributed by atoms with Gasteiger partial charge in [-0.3, -0.25) is 0 Å². The Hall–Kier alpha value is -0.920. The molecule has 0 aromatic heterocycles. The van der Waals surface area contributed by atoms with Crippen LogP contribution in [0.3, 0.4) is 0 Å². The van der Waals surface area contributed by atoms with Gasteiger partial charge in [-0.1, -0.05) is 13.0 Å². The molecule has 1 radical (unpaired) electrons. The van der Waals surface area contributed by atoms with Crippen molar-refractivity contribution in [1.29, 1.82) is 0 Å². The maximum Gasteiger partial charge on any atom is 0.162 e. The van der Waals surface area contributed by atoms with Gasteiger partial charge in [0.2, 0.25) is 0 Å². The standard InChI is InChI=1S/C8H7F2/c1-2-6-4-3-5-7(9)8(6)10/h3,5H,2H2,1H3. The molecule has 0 saturated heterocycles. The summed E-state index contributed by atoms with van der Waals surface area (Å²) in [6.07, 6.45) is 0.476. The van der Waals surface area contributed by atoms with Crippen molar-refractivity contribution in [1.82, 2.24) is 0 Å². The Bertz CT molecular complexity index is 231. The highest BCUT2D eigenvalue weighted by Gasteiger charge is 2.04. The number of hydrogen-bond acceptors (Lipinski definition) is 0. The minimum absolute atomic E-state index is 0.306. The van der Waals surface area contributed by atoms with Crippen molar-refractivity contribution in [3.8, 4) is 0 Å². The van der Waals surface area contributed by atoms with Gasteiger partial charge in [-0.15, -0.1) is 0 Å². The lowest BCUT2D eigenvalue weighted by molar-refractivity contribution is 0.499. The van der Waals surface area contributed by atoms with Crippen LogP contribution >= 0.6 is 0 Å². The fourth-order valence-electron chi connectivity index (χ4n) is 0.753. The first-order valence-corrected chi connectivity index (χ1v) is 3.10. The number of benzene rings is 1. The molecule has 0 fully saturated rings. The molecular weight excluding hydrogens is 134 g/mol. The van der Waals surface area contributed by atoms with Crippen LogP contribution in [0.15, 0.2) is 12.1 Å². The summed E-state index contributed by atoms with van der Waals surface area (Å²) in [5.74, 6) is -1.57. The number of rotatable bonds is 1. The zero-order valence-electron chi connectivity index (χ0n) is 5.62. The second kappa shape index (κ2) is 2.78. The average molecular weight is 141 g/mol. The zero-order valence-corrected chi connectivity index (χ0v) is 5.62. The SMILES string of the molecule is CCc1[c]ccc(F)c1F. The summed E-state index contributed by atoms with van der Waals surface area (Å²) >= 11 is 0. The van der Waals surface area contributed by atoms with Gasteiger partial charge in [0.05, 0.1) is 0 Å².